The number of benzene rings is 1. The number of imidazole rings is 1. The molecule has 1 heterocycles. The highest BCUT2D eigenvalue weighted by atomic mass is 79.9. The highest BCUT2D eigenvalue weighted by molar-refractivity contribution is 9.10. The minimum atomic E-state index is -0.243. The van der Waals surface area contributed by atoms with Gasteiger partial charge in [0.25, 0.3) is 0 Å². The summed E-state index contributed by atoms with van der Waals surface area (Å²) in [5, 5.41) is 3.45. The lowest BCUT2D eigenvalue weighted by molar-refractivity contribution is 0.536. The maximum absolute atomic E-state index is 13.6. The second kappa shape index (κ2) is 6.99. The molecule has 2 aromatic rings. The second-order valence-corrected chi connectivity index (χ2v) is 5.58. The number of halogens is 2. The van der Waals surface area contributed by atoms with Crippen molar-refractivity contribution in [2.45, 2.75) is 32.9 Å². The van der Waals surface area contributed by atoms with Crippen LogP contribution in [0.3, 0.4) is 0 Å². The largest absolute Gasteiger partial charge is 0.334 e. The smallest absolute Gasteiger partial charge is 0.130 e. The van der Waals surface area contributed by atoms with E-state index in [0.29, 0.717) is 0 Å². The van der Waals surface area contributed by atoms with Crippen LogP contribution >= 0.6 is 15.9 Å². The van der Waals surface area contributed by atoms with Gasteiger partial charge in [0.15, 0.2) is 0 Å². The van der Waals surface area contributed by atoms with Crippen LogP contribution in [0.4, 0.5) is 4.39 Å². The van der Waals surface area contributed by atoms with E-state index in [4.69, 9.17) is 0 Å². The third-order valence-electron chi connectivity index (χ3n) is 3.16. The molecule has 3 nitrogen and oxygen atoms in total. The first-order valence-corrected chi connectivity index (χ1v) is 7.65. The van der Waals surface area contributed by atoms with Gasteiger partial charge in [-0.2, -0.15) is 0 Å². The number of hydrogen-bond acceptors (Lipinski definition) is 2. The van der Waals surface area contributed by atoms with Crippen LogP contribution in [0.5, 0.6) is 0 Å². The van der Waals surface area contributed by atoms with Crippen molar-refractivity contribution < 1.29 is 4.39 Å². The summed E-state index contributed by atoms with van der Waals surface area (Å²) in [5.74, 6) is 0.672. The lowest BCUT2D eigenvalue weighted by atomic mass is 10.1. The van der Waals surface area contributed by atoms with Gasteiger partial charge in [0, 0.05) is 23.4 Å². The number of aryl methyl sites for hydroxylation is 1. The van der Waals surface area contributed by atoms with Gasteiger partial charge >= 0.3 is 0 Å². The molecule has 0 spiro atoms. The zero-order valence-corrected chi connectivity index (χ0v) is 13.3. The Hall–Kier alpha value is -1.20. The van der Waals surface area contributed by atoms with Crippen molar-refractivity contribution in [3.05, 3.63) is 52.3 Å². The van der Waals surface area contributed by atoms with E-state index in [1.807, 2.05) is 12.3 Å². The predicted octanol–water partition coefficient (Wildman–Crippen LogP) is 3.89. The monoisotopic (exact) mass is 339 g/mol. The fraction of sp³-hybridized carbons (Fsp3) is 0.400. The second-order valence-electron chi connectivity index (χ2n) is 4.66. The molecule has 0 saturated carbocycles. The summed E-state index contributed by atoms with van der Waals surface area (Å²) in [6, 6.07) is 4.86. The van der Waals surface area contributed by atoms with Crippen molar-refractivity contribution in [1.82, 2.24) is 14.9 Å². The van der Waals surface area contributed by atoms with Crippen LogP contribution in [-0.2, 0) is 6.54 Å². The van der Waals surface area contributed by atoms with Crippen LogP contribution in [0.25, 0.3) is 0 Å². The Morgan fingerprint density at radius 3 is 2.80 bits per heavy atom. The minimum absolute atomic E-state index is 0.100. The number of rotatable bonds is 6. The topological polar surface area (TPSA) is 29.9 Å². The molecule has 5 heteroatoms. The first-order valence-electron chi connectivity index (χ1n) is 6.86. The Bertz CT molecular complexity index is 548. The van der Waals surface area contributed by atoms with E-state index in [9.17, 15) is 4.39 Å². The van der Waals surface area contributed by atoms with Crippen LogP contribution in [0.2, 0.25) is 0 Å². The number of hydrogen-bond donors (Lipinski definition) is 1. The number of nitrogens with one attached hydrogen (secondary N) is 1. The van der Waals surface area contributed by atoms with E-state index in [1.165, 1.54) is 6.07 Å². The molecule has 1 N–H and O–H groups in total. The molecule has 1 unspecified atom stereocenters. The zero-order chi connectivity index (χ0) is 14.5. The van der Waals surface area contributed by atoms with Crippen molar-refractivity contribution in [3.63, 3.8) is 0 Å². The summed E-state index contributed by atoms with van der Waals surface area (Å²) < 4.78 is 16.5. The number of nitrogens with zero attached hydrogens (tertiary/aromatic N) is 2. The van der Waals surface area contributed by atoms with Crippen LogP contribution in [0.15, 0.2) is 35.1 Å². The van der Waals surface area contributed by atoms with Gasteiger partial charge in [0.2, 0.25) is 0 Å². The van der Waals surface area contributed by atoms with E-state index < -0.39 is 0 Å². The van der Waals surface area contributed by atoms with Crippen LogP contribution in [0.1, 0.15) is 37.7 Å². The van der Waals surface area contributed by atoms with Crippen LogP contribution in [0, 0.1) is 5.82 Å². The van der Waals surface area contributed by atoms with E-state index >= 15 is 0 Å². The molecule has 1 aromatic carbocycles. The lowest BCUT2D eigenvalue weighted by Gasteiger charge is -2.20. The number of aromatic nitrogens is 2. The molecular weight excluding hydrogens is 321 g/mol. The van der Waals surface area contributed by atoms with E-state index in [-0.39, 0.29) is 11.9 Å². The summed E-state index contributed by atoms with van der Waals surface area (Å²) in [6.07, 6.45) is 4.75. The molecular formula is C15H19BrFN3. The summed E-state index contributed by atoms with van der Waals surface area (Å²) in [4.78, 5) is 4.44. The molecule has 0 aliphatic rings. The van der Waals surface area contributed by atoms with Gasteiger partial charge in [-0.05, 0) is 43.7 Å². The molecule has 20 heavy (non-hydrogen) atoms. The van der Waals surface area contributed by atoms with Gasteiger partial charge in [0.1, 0.15) is 11.6 Å². The molecule has 0 aliphatic carbocycles. The van der Waals surface area contributed by atoms with Crippen molar-refractivity contribution >= 4 is 15.9 Å². The van der Waals surface area contributed by atoms with Crippen molar-refractivity contribution in [2.24, 2.45) is 0 Å². The molecule has 1 atom stereocenters. The molecule has 108 valence electrons. The Labute approximate surface area is 127 Å². The van der Waals surface area contributed by atoms with E-state index in [2.05, 4.69) is 44.6 Å². The molecule has 1 aromatic heterocycles. The molecule has 0 bridgehead atoms. The molecule has 2 rings (SSSR count). The third-order valence-corrected chi connectivity index (χ3v) is 3.62. The molecule has 0 aliphatic heterocycles. The molecule has 0 saturated heterocycles. The normalized spacial score (nSPS) is 12.6. The van der Waals surface area contributed by atoms with Crippen LogP contribution in [-0.4, -0.2) is 16.1 Å². The van der Waals surface area contributed by atoms with Gasteiger partial charge in [-0.1, -0.05) is 22.9 Å². The summed E-state index contributed by atoms with van der Waals surface area (Å²) in [6.45, 7) is 5.88. The fourth-order valence-corrected chi connectivity index (χ4v) is 2.72. The molecule has 0 amide bonds. The van der Waals surface area contributed by atoms with Gasteiger partial charge in [0.05, 0.1) is 6.04 Å². The maximum atomic E-state index is 13.6. The first kappa shape index (κ1) is 15.2. The third kappa shape index (κ3) is 3.46. The van der Waals surface area contributed by atoms with E-state index in [0.717, 1.165) is 35.4 Å². The zero-order valence-electron chi connectivity index (χ0n) is 11.7. The Morgan fingerprint density at radius 1 is 1.35 bits per heavy atom. The van der Waals surface area contributed by atoms with Crippen molar-refractivity contribution in [2.75, 3.05) is 6.54 Å². The maximum Gasteiger partial charge on any atom is 0.130 e. The summed E-state index contributed by atoms with van der Waals surface area (Å²) in [5.41, 5.74) is 0.881. The van der Waals surface area contributed by atoms with Gasteiger partial charge in [-0.25, -0.2) is 9.37 Å². The molecule has 0 radical (unpaired) electrons. The lowest BCUT2D eigenvalue weighted by Crippen LogP contribution is -2.26. The average Bonchev–Trinajstić information content (AvgIpc) is 2.86. The SMILES string of the molecule is CCCNC(c1cc(F)cc(Br)c1)c1nccn1CC. The standard InChI is InChI=1S/C15H19BrFN3/c1-3-5-18-14(15-19-6-7-20(15)4-2)11-8-12(16)10-13(17)9-11/h6-10,14,18H,3-5H2,1-2H3. The van der Waals surface area contributed by atoms with Crippen LogP contribution < -0.4 is 5.32 Å². The Kier molecular flexibility index (Phi) is 5.31. The highest BCUT2D eigenvalue weighted by Gasteiger charge is 2.19. The van der Waals surface area contributed by atoms with Gasteiger partial charge in [-0.15, -0.1) is 0 Å². The molecule has 0 fully saturated rings. The van der Waals surface area contributed by atoms with Crippen molar-refractivity contribution in [3.8, 4) is 0 Å². The summed E-state index contributed by atoms with van der Waals surface area (Å²) >= 11 is 3.35. The minimum Gasteiger partial charge on any atom is -0.334 e. The fourth-order valence-electron chi connectivity index (χ4n) is 2.24. The van der Waals surface area contributed by atoms with Crippen molar-refractivity contribution in [1.29, 1.82) is 0 Å². The average molecular weight is 340 g/mol. The predicted molar refractivity (Wildman–Crippen MR) is 82.1 cm³/mol. The van der Waals surface area contributed by atoms with Gasteiger partial charge in [-0.3, -0.25) is 0 Å². The summed E-state index contributed by atoms with van der Waals surface area (Å²) in [7, 11) is 0. The highest BCUT2D eigenvalue weighted by Crippen LogP contribution is 2.25. The first-order chi connectivity index (χ1) is 9.65. The van der Waals surface area contributed by atoms with E-state index in [1.54, 1.807) is 12.3 Å². The Balaban J connectivity index is 2.41. The Morgan fingerprint density at radius 2 is 2.15 bits per heavy atom. The van der Waals surface area contributed by atoms with Gasteiger partial charge < -0.3 is 9.88 Å². The quantitative estimate of drug-likeness (QED) is 0.865.